The highest BCUT2D eigenvalue weighted by Gasteiger charge is 2.27. The number of carbonyl (C=O) groups is 1. The summed E-state index contributed by atoms with van der Waals surface area (Å²) in [5.74, 6) is -1.80. The molecule has 1 aromatic rings. The van der Waals surface area contributed by atoms with E-state index < -0.39 is 31.2 Å². The van der Waals surface area contributed by atoms with Crippen LogP contribution in [0.1, 0.15) is 37.6 Å². The van der Waals surface area contributed by atoms with Gasteiger partial charge < -0.3 is 4.90 Å². The lowest BCUT2D eigenvalue weighted by Gasteiger charge is -2.27. The molecule has 0 N–H and O–H groups in total. The average molecular weight is 356 g/mol. The third-order valence-electron chi connectivity index (χ3n) is 3.22. The van der Waals surface area contributed by atoms with Crippen molar-refractivity contribution >= 4 is 37.2 Å². The number of halogens is 3. The summed E-state index contributed by atoms with van der Waals surface area (Å²) >= 11 is 5.77. The molecular formula is C13H16Cl2FNO3S. The minimum absolute atomic E-state index is 0.0702. The second kappa shape index (κ2) is 6.94. The lowest BCUT2D eigenvalue weighted by atomic mass is 10.1. The number of benzene rings is 1. The van der Waals surface area contributed by atoms with Crippen LogP contribution in [-0.4, -0.2) is 31.8 Å². The molecule has 1 amide bonds. The number of rotatable bonds is 5. The summed E-state index contributed by atoms with van der Waals surface area (Å²) in [4.78, 5) is 13.1. The Balaban J connectivity index is 3.44. The van der Waals surface area contributed by atoms with Crippen LogP contribution in [0.25, 0.3) is 0 Å². The average Bonchev–Trinajstić information content (AvgIpc) is 2.40. The van der Waals surface area contributed by atoms with E-state index in [1.165, 1.54) is 4.90 Å². The molecule has 0 spiro atoms. The van der Waals surface area contributed by atoms with Crippen LogP contribution in [0.4, 0.5) is 4.39 Å². The van der Waals surface area contributed by atoms with E-state index in [-0.39, 0.29) is 11.1 Å². The third kappa shape index (κ3) is 4.08. The van der Waals surface area contributed by atoms with Gasteiger partial charge in [-0.2, -0.15) is 0 Å². The first-order chi connectivity index (χ1) is 9.63. The van der Waals surface area contributed by atoms with Crippen molar-refractivity contribution in [3.05, 3.63) is 28.5 Å². The van der Waals surface area contributed by atoms with Gasteiger partial charge in [0.05, 0.1) is 5.56 Å². The number of carbonyl (C=O) groups excluding carboxylic acids is 1. The van der Waals surface area contributed by atoms with E-state index in [1.54, 1.807) is 6.92 Å². The Bertz CT molecular complexity index is 649. The second-order valence-corrected chi connectivity index (χ2v) is 7.52. The molecule has 0 heterocycles. The van der Waals surface area contributed by atoms with Gasteiger partial charge in [-0.3, -0.25) is 4.79 Å². The molecule has 1 atom stereocenters. The van der Waals surface area contributed by atoms with Crippen molar-refractivity contribution in [2.45, 2.75) is 38.1 Å². The number of amides is 1. The summed E-state index contributed by atoms with van der Waals surface area (Å²) in [6.07, 6.45) is 0.683. The van der Waals surface area contributed by atoms with Gasteiger partial charge in [0.25, 0.3) is 15.0 Å². The molecule has 0 saturated heterocycles. The fraction of sp³-hybridized carbons (Fsp3) is 0.462. The van der Waals surface area contributed by atoms with Crippen LogP contribution in [0.15, 0.2) is 17.0 Å². The number of nitrogens with zero attached hydrogens (tertiary/aromatic N) is 1. The van der Waals surface area contributed by atoms with Gasteiger partial charge in [-0.15, -0.1) is 0 Å². The van der Waals surface area contributed by atoms with Gasteiger partial charge in [-0.25, -0.2) is 12.8 Å². The Hall–Kier alpha value is -0.850. The molecule has 0 saturated carbocycles. The highest BCUT2D eigenvalue weighted by molar-refractivity contribution is 8.13. The summed E-state index contributed by atoms with van der Waals surface area (Å²) in [5, 5.41) is -0.0702. The van der Waals surface area contributed by atoms with Crippen molar-refractivity contribution in [3.63, 3.8) is 0 Å². The SMILES string of the molecule is CCC(C)N(CC)C(=O)c1cc(Cl)cc(S(=O)(=O)Cl)c1F. The highest BCUT2D eigenvalue weighted by atomic mass is 35.7. The largest absolute Gasteiger partial charge is 0.336 e. The molecule has 4 nitrogen and oxygen atoms in total. The van der Waals surface area contributed by atoms with Crippen molar-refractivity contribution in [1.82, 2.24) is 4.90 Å². The van der Waals surface area contributed by atoms with Crippen LogP contribution in [0, 0.1) is 5.82 Å². The van der Waals surface area contributed by atoms with Gasteiger partial charge in [0.2, 0.25) is 0 Å². The molecule has 0 aromatic heterocycles. The van der Waals surface area contributed by atoms with Gasteiger partial charge in [-0.1, -0.05) is 18.5 Å². The molecule has 0 aliphatic carbocycles. The first-order valence-electron chi connectivity index (χ1n) is 6.38. The monoisotopic (exact) mass is 355 g/mol. The van der Waals surface area contributed by atoms with Crippen LogP contribution in [-0.2, 0) is 9.05 Å². The summed E-state index contributed by atoms with van der Waals surface area (Å²) in [7, 11) is 0.836. The van der Waals surface area contributed by atoms with Gasteiger partial charge in [0, 0.05) is 28.3 Å². The summed E-state index contributed by atoms with van der Waals surface area (Å²) in [6, 6.07) is 1.88. The van der Waals surface area contributed by atoms with Gasteiger partial charge in [0.15, 0.2) is 5.82 Å². The smallest absolute Gasteiger partial charge is 0.264 e. The van der Waals surface area contributed by atoms with Crippen molar-refractivity contribution in [1.29, 1.82) is 0 Å². The molecule has 0 bridgehead atoms. The molecule has 1 aromatic carbocycles. The molecule has 0 radical (unpaired) electrons. The second-order valence-electron chi connectivity index (χ2n) is 4.55. The third-order valence-corrected chi connectivity index (χ3v) is 4.76. The standard InChI is InChI=1S/C13H16Cl2FNO3S/c1-4-8(3)17(5-2)13(18)10-6-9(14)7-11(12(10)16)21(15,19)20/h6-8H,4-5H2,1-3H3. The van der Waals surface area contributed by atoms with Crippen molar-refractivity contribution in [3.8, 4) is 0 Å². The van der Waals surface area contributed by atoms with Crippen LogP contribution in [0.2, 0.25) is 5.02 Å². The van der Waals surface area contributed by atoms with E-state index in [1.807, 2.05) is 13.8 Å². The fourth-order valence-corrected chi connectivity index (χ4v) is 3.14. The maximum Gasteiger partial charge on any atom is 0.264 e. The van der Waals surface area contributed by atoms with Crippen LogP contribution in [0.3, 0.4) is 0 Å². The molecule has 0 aliphatic heterocycles. The van der Waals surface area contributed by atoms with Crippen molar-refractivity contribution in [2.75, 3.05) is 6.54 Å². The maximum absolute atomic E-state index is 14.3. The topological polar surface area (TPSA) is 54.5 Å². The fourth-order valence-electron chi connectivity index (χ4n) is 1.93. The number of hydrogen-bond donors (Lipinski definition) is 0. The lowest BCUT2D eigenvalue weighted by molar-refractivity contribution is 0.0694. The van der Waals surface area contributed by atoms with Crippen LogP contribution in [0.5, 0.6) is 0 Å². The van der Waals surface area contributed by atoms with Crippen LogP contribution < -0.4 is 0 Å². The molecule has 21 heavy (non-hydrogen) atoms. The van der Waals surface area contributed by atoms with Gasteiger partial charge in [-0.05, 0) is 32.4 Å². The first-order valence-corrected chi connectivity index (χ1v) is 9.06. The van der Waals surface area contributed by atoms with E-state index in [9.17, 15) is 17.6 Å². The van der Waals surface area contributed by atoms with Gasteiger partial charge >= 0.3 is 0 Å². The first kappa shape index (κ1) is 18.2. The van der Waals surface area contributed by atoms with Gasteiger partial charge in [0.1, 0.15) is 4.90 Å². The molecule has 1 rings (SSSR count). The van der Waals surface area contributed by atoms with E-state index in [4.69, 9.17) is 22.3 Å². The Kier molecular flexibility index (Phi) is 6.01. The minimum Gasteiger partial charge on any atom is -0.336 e. The summed E-state index contributed by atoms with van der Waals surface area (Å²) in [5.41, 5.74) is -0.399. The lowest BCUT2D eigenvalue weighted by Crippen LogP contribution is -2.38. The predicted molar refractivity (Wildman–Crippen MR) is 80.9 cm³/mol. The zero-order valence-electron chi connectivity index (χ0n) is 11.9. The summed E-state index contributed by atoms with van der Waals surface area (Å²) < 4.78 is 37.0. The van der Waals surface area contributed by atoms with Crippen molar-refractivity contribution in [2.24, 2.45) is 0 Å². The number of hydrogen-bond acceptors (Lipinski definition) is 3. The maximum atomic E-state index is 14.3. The molecule has 118 valence electrons. The van der Waals surface area contributed by atoms with E-state index in [0.717, 1.165) is 12.1 Å². The Morgan fingerprint density at radius 3 is 2.38 bits per heavy atom. The quantitative estimate of drug-likeness (QED) is 0.757. The molecule has 1 unspecified atom stereocenters. The Morgan fingerprint density at radius 2 is 1.95 bits per heavy atom. The normalized spacial score (nSPS) is 13.0. The Morgan fingerprint density at radius 1 is 1.38 bits per heavy atom. The molecular weight excluding hydrogens is 340 g/mol. The molecule has 0 fully saturated rings. The zero-order valence-corrected chi connectivity index (χ0v) is 14.2. The molecule has 8 heteroatoms. The summed E-state index contributed by atoms with van der Waals surface area (Å²) in [6.45, 7) is 5.83. The van der Waals surface area contributed by atoms with Crippen LogP contribution >= 0.6 is 22.3 Å². The zero-order chi connectivity index (χ0) is 16.4. The van der Waals surface area contributed by atoms with E-state index in [2.05, 4.69) is 0 Å². The molecule has 0 aliphatic rings. The van der Waals surface area contributed by atoms with Crippen molar-refractivity contribution < 1.29 is 17.6 Å². The van der Waals surface area contributed by atoms with E-state index in [0.29, 0.717) is 13.0 Å². The minimum atomic E-state index is -4.33. The Labute approximate surface area is 133 Å². The highest BCUT2D eigenvalue weighted by Crippen LogP contribution is 2.27. The predicted octanol–water partition coefficient (Wildman–Crippen LogP) is 3.67. The van der Waals surface area contributed by atoms with E-state index >= 15 is 0 Å².